The molecule has 1 amide bonds. The Bertz CT molecular complexity index is 1110. The minimum atomic E-state index is -0.897. The van der Waals surface area contributed by atoms with Crippen molar-refractivity contribution in [2.24, 2.45) is 0 Å². The second kappa shape index (κ2) is 12.2. The van der Waals surface area contributed by atoms with Crippen molar-refractivity contribution in [1.82, 2.24) is 10.6 Å². The van der Waals surface area contributed by atoms with Gasteiger partial charge in [-0.15, -0.1) is 0 Å². The molecular weight excluding hydrogens is 440 g/mol. The predicted octanol–water partition coefficient (Wildman–Crippen LogP) is 5.25. The largest absolute Gasteiger partial charge is 0.459 e. The Kier molecular flexibility index (Phi) is 9.04. The Morgan fingerprint density at radius 3 is 2.14 bits per heavy atom. The van der Waals surface area contributed by atoms with Crippen LogP contribution in [0.3, 0.4) is 0 Å². The van der Waals surface area contributed by atoms with Crippen LogP contribution < -0.4 is 10.6 Å². The molecule has 1 unspecified atom stereocenters. The lowest BCUT2D eigenvalue weighted by Crippen LogP contribution is -2.45. The maximum atomic E-state index is 13.1. The lowest BCUT2D eigenvalue weighted by atomic mass is 9.95. The summed E-state index contributed by atoms with van der Waals surface area (Å²) in [4.78, 5) is 25.6. The third kappa shape index (κ3) is 8.26. The van der Waals surface area contributed by atoms with E-state index in [1.807, 2.05) is 67.7 Å². The standard InChI is InChI=1S/C29H34N2O4/c1-29(2,3)35-28(33)31-26(27(32)34-20-21-11-7-5-8-12-21)18-24-16-15-23(17-25(24)19-30-4)22-13-9-6-10-14-22/h5-17,26,30H,18-20H2,1-4H3,(H,31,33). The number of carbonyl (C=O) groups is 2. The highest BCUT2D eigenvalue weighted by Crippen LogP contribution is 2.24. The van der Waals surface area contributed by atoms with Crippen molar-refractivity contribution < 1.29 is 19.1 Å². The van der Waals surface area contributed by atoms with Crippen molar-refractivity contribution in [3.63, 3.8) is 0 Å². The number of amides is 1. The summed E-state index contributed by atoms with van der Waals surface area (Å²) in [6.45, 7) is 6.09. The topological polar surface area (TPSA) is 76.7 Å². The average Bonchev–Trinajstić information content (AvgIpc) is 2.83. The van der Waals surface area contributed by atoms with Crippen LogP contribution in [0.4, 0.5) is 4.79 Å². The summed E-state index contributed by atoms with van der Waals surface area (Å²) in [5.74, 6) is -0.512. The van der Waals surface area contributed by atoms with Gasteiger partial charge < -0.3 is 20.1 Å². The van der Waals surface area contributed by atoms with Crippen LogP contribution in [0.2, 0.25) is 0 Å². The Morgan fingerprint density at radius 1 is 0.857 bits per heavy atom. The van der Waals surface area contributed by atoms with Crippen LogP contribution in [-0.4, -0.2) is 30.8 Å². The van der Waals surface area contributed by atoms with Crippen LogP contribution in [0.5, 0.6) is 0 Å². The predicted molar refractivity (Wildman–Crippen MR) is 138 cm³/mol. The molecule has 1 atom stereocenters. The summed E-state index contributed by atoms with van der Waals surface area (Å²) in [6.07, 6.45) is -0.380. The molecule has 0 saturated carbocycles. The van der Waals surface area contributed by atoms with Gasteiger partial charge in [0.25, 0.3) is 0 Å². The molecule has 0 aliphatic rings. The minimum Gasteiger partial charge on any atom is -0.459 e. The van der Waals surface area contributed by atoms with Gasteiger partial charge in [0.05, 0.1) is 0 Å². The first kappa shape index (κ1) is 26.0. The molecule has 0 bridgehead atoms. The molecule has 3 rings (SSSR count). The Labute approximate surface area is 207 Å². The Balaban J connectivity index is 1.83. The van der Waals surface area contributed by atoms with Gasteiger partial charge in [-0.1, -0.05) is 72.8 Å². The molecule has 0 spiro atoms. The van der Waals surface area contributed by atoms with Gasteiger partial charge >= 0.3 is 12.1 Å². The summed E-state index contributed by atoms with van der Waals surface area (Å²) in [6, 6.07) is 24.8. The number of hydrogen-bond acceptors (Lipinski definition) is 5. The van der Waals surface area contributed by atoms with Gasteiger partial charge in [0.15, 0.2) is 0 Å². The van der Waals surface area contributed by atoms with Gasteiger partial charge in [-0.2, -0.15) is 0 Å². The summed E-state index contributed by atoms with van der Waals surface area (Å²) < 4.78 is 11.0. The van der Waals surface area contributed by atoms with Crippen LogP contribution in [0.15, 0.2) is 78.9 Å². The molecule has 184 valence electrons. The van der Waals surface area contributed by atoms with Crippen LogP contribution in [0.1, 0.15) is 37.5 Å². The first-order valence-electron chi connectivity index (χ1n) is 11.8. The molecule has 35 heavy (non-hydrogen) atoms. The quantitative estimate of drug-likeness (QED) is 0.414. The van der Waals surface area contributed by atoms with Gasteiger partial charge in [-0.25, -0.2) is 9.59 Å². The molecule has 2 N–H and O–H groups in total. The number of nitrogens with one attached hydrogen (secondary N) is 2. The first-order valence-corrected chi connectivity index (χ1v) is 11.8. The van der Waals surface area contributed by atoms with E-state index in [2.05, 4.69) is 28.8 Å². The molecule has 6 nitrogen and oxygen atoms in total. The highest BCUT2D eigenvalue weighted by atomic mass is 16.6. The highest BCUT2D eigenvalue weighted by Gasteiger charge is 2.27. The maximum Gasteiger partial charge on any atom is 0.408 e. The number of benzene rings is 3. The van der Waals surface area contributed by atoms with Crippen molar-refractivity contribution in [3.8, 4) is 11.1 Å². The van der Waals surface area contributed by atoms with E-state index in [-0.39, 0.29) is 13.0 Å². The molecule has 3 aromatic rings. The first-order chi connectivity index (χ1) is 16.7. The number of esters is 1. The van der Waals surface area contributed by atoms with Crippen molar-refractivity contribution >= 4 is 12.1 Å². The van der Waals surface area contributed by atoms with Crippen molar-refractivity contribution in [2.45, 2.75) is 52.0 Å². The number of alkyl carbamates (subject to hydrolysis) is 1. The van der Waals surface area contributed by atoms with E-state index in [1.54, 1.807) is 20.8 Å². The van der Waals surface area contributed by atoms with Gasteiger partial charge in [-0.3, -0.25) is 0 Å². The average molecular weight is 475 g/mol. The van der Waals surface area contributed by atoms with Gasteiger partial charge in [0.2, 0.25) is 0 Å². The second-order valence-electron chi connectivity index (χ2n) is 9.38. The van der Waals surface area contributed by atoms with Crippen molar-refractivity contribution in [1.29, 1.82) is 0 Å². The van der Waals surface area contributed by atoms with E-state index in [9.17, 15) is 9.59 Å². The zero-order chi connectivity index (χ0) is 25.3. The SMILES string of the molecule is CNCc1cc(-c2ccccc2)ccc1CC(NC(=O)OC(C)(C)C)C(=O)OCc1ccccc1. The summed E-state index contributed by atoms with van der Waals surface area (Å²) in [7, 11) is 1.88. The normalized spacial score (nSPS) is 12.0. The number of rotatable bonds is 9. The molecule has 0 heterocycles. The highest BCUT2D eigenvalue weighted by molar-refractivity contribution is 5.82. The molecule has 0 aliphatic carbocycles. The van der Waals surface area contributed by atoms with E-state index in [0.717, 1.165) is 27.8 Å². The zero-order valence-corrected chi connectivity index (χ0v) is 20.8. The van der Waals surface area contributed by atoms with Gasteiger partial charge in [0, 0.05) is 13.0 Å². The summed E-state index contributed by atoms with van der Waals surface area (Å²) >= 11 is 0. The third-order valence-electron chi connectivity index (χ3n) is 5.30. The molecule has 0 saturated heterocycles. The lowest BCUT2D eigenvalue weighted by molar-refractivity contribution is -0.147. The fraction of sp³-hybridized carbons (Fsp3) is 0.310. The fourth-order valence-corrected chi connectivity index (χ4v) is 3.68. The van der Waals surface area contributed by atoms with Gasteiger partial charge in [0.1, 0.15) is 18.2 Å². The maximum absolute atomic E-state index is 13.1. The van der Waals surface area contributed by atoms with E-state index >= 15 is 0 Å². The van der Waals surface area contributed by atoms with Crippen molar-refractivity contribution in [2.75, 3.05) is 7.05 Å². The van der Waals surface area contributed by atoms with Crippen molar-refractivity contribution in [3.05, 3.63) is 95.6 Å². The molecule has 3 aromatic carbocycles. The molecule has 6 heteroatoms. The molecule has 0 aromatic heterocycles. The number of ether oxygens (including phenoxy) is 2. The van der Waals surface area contributed by atoms with Gasteiger partial charge in [-0.05, 0) is 61.7 Å². The van der Waals surface area contributed by atoms with Crippen LogP contribution in [0.25, 0.3) is 11.1 Å². The number of hydrogen-bond donors (Lipinski definition) is 2. The lowest BCUT2D eigenvalue weighted by Gasteiger charge is -2.24. The molecule has 0 radical (unpaired) electrons. The number of carbonyl (C=O) groups excluding carboxylic acids is 2. The monoisotopic (exact) mass is 474 g/mol. The molecule has 0 aliphatic heterocycles. The van der Waals surface area contributed by atoms with E-state index in [4.69, 9.17) is 9.47 Å². The minimum absolute atomic E-state index is 0.127. The van der Waals surface area contributed by atoms with E-state index in [1.165, 1.54) is 0 Å². The zero-order valence-electron chi connectivity index (χ0n) is 20.8. The third-order valence-corrected chi connectivity index (χ3v) is 5.30. The second-order valence-corrected chi connectivity index (χ2v) is 9.38. The summed E-state index contributed by atoms with van der Waals surface area (Å²) in [5, 5.41) is 5.91. The summed E-state index contributed by atoms with van der Waals surface area (Å²) in [5.41, 5.74) is 4.37. The van der Waals surface area contributed by atoms with Crippen LogP contribution in [0, 0.1) is 0 Å². The molecular formula is C29H34N2O4. The van der Waals surface area contributed by atoms with E-state index < -0.39 is 23.7 Å². The van der Waals surface area contributed by atoms with E-state index in [0.29, 0.717) is 6.54 Å². The van der Waals surface area contributed by atoms with Crippen LogP contribution in [-0.2, 0) is 33.8 Å². The van der Waals surface area contributed by atoms with Crippen LogP contribution >= 0.6 is 0 Å². The Morgan fingerprint density at radius 2 is 1.51 bits per heavy atom. The molecule has 0 fully saturated rings. The fourth-order valence-electron chi connectivity index (χ4n) is 3.68. The smallest absolute Gasteiger partial charge is 0.408 e. The Hall–Kier alpha value is -3.64.